The van der Waals surface area contributed by atoms with Crippen LogP contribution in [0.4, 0.5) is 5.69 Å². The molecular weight excluding hydrogens is 290 g/mol. The molecule has 1 heterocycles. The highest BCUT2D eigenvalue weighted by molar-refractivity contribution is 5.83. The predicted octanol–water partition coefficient (Wildman–Crippen LogP) is 4.04. The van der Waals surface area contributed by atoms with Gasteiger partial charge in [-0.1, -0.05) is 17.7 Å². The summed E-state index contributed by atoms with van der Waals surface area (Å²) < 4.78 is 5.24. The fourth-order valence-electron chi connectivity index (χ4n) is 2.71. The maximum Gasteiger partial charge on any atom is 0.336 e. The van der Waals surface area contributed by atoms with E-state index in [1.807, 2.05) is 19.1 Å². The molecule has 0 saturated heterocycles. The first-order valence-corrected chi connectivity index (χ1v) is 7.51. The number of fused-ring (bicyclic) bond motifs is 1. The second-order valence-electron chi connectivity index (χ2n) is 5.90. The number of aryl methyl sites for hydroxylation is 3. The van der Waals surface area contributed by atoms with Crippen LogP contribution in [0.3, 0.4) is 0 Å². The number of nitrogens with one attached hydrogen (secondary N) is 1. The number of aromatic hydroxyl groups is 1. The van der Waals surface area contributed by atoms with Gasteiger partial charge in [0.05, 0.1) is 0 Å². The zero-order valence-electron chi connectivity index (χ0n) is 13.4. The molecule has 118 valence electrons. The van der Waals surface area contributed by atoms with Crippen LogP contribution in [0.2, 0.25) is 0 Å². The highest BCUT2D eigenvalue weighted by Crippen LogP contribution is 2.26. The van der Waals surface area contributed by atoms with Crippen LogP contribution in [0.15, 0.2) is 45.6 Å². The van der Waals surface area contributed by atoms with E-state index in [2.05, 4.69) is 18.3 Å². The van der Waals surface area contributed by atoms with E-state index in [9.17, 15) is 9.90 Å². The molecule has 1 aromatic heterocycles. The minimum atomic E-state index is -0.389. The van der Waals surface area contributed by atoms with Gasteiger partial charge in [-0.05, 0) is 55.7 Å². The number of anilines is 1. The fraction of sp³-hybridized carbons (Fsp3) is 0.211. The van der Waals surface area contributed by atoms with Crippen molar-refractivity contribution in [2.45, 2.75) is 27.3 Å². The van der Waals surface area contributed by atoms with Crippen molar-refractivity contribution in [3.63, 3.8) is 0 Å². The zero-order chi connectivity index (χ0) is 16.6. The fourth-order valence-corrected chi connectivity index (χ4v) is 2.71. The lowest BCUT2D eigenvalue weighted by atomic mass is 10.1. The number of rotatable bonds is 3. The first kappa shape index (κ1) is 15.2. The first-order chi connectivity index (χ1) is 10.9. The maximum absolute atomic E-state index is 11.8. The molecule has 0 aliphatic carbocycles. The summed E-state index contributed by atoms with van der Waals surface area (Å²) in [6.45, 7) is 6.35. The van der Waals surface area contributed by atoms with Crippen LogP contribution >= 0.6 is 0 Å². The third kappa shape index (κ3) is 3.06. The lowest BCUT2D eigenvalue weighted by Gasteiger charge is -2.12. The van der Waals surface area contributed by atoms with Gasteiger partial charge >= 0.3 is 5.63 Å². The van der Waals surface area contributed by atoms with Crippen LogP contribution in [0.1, 0.15) is 22.3 Å². The van der Waals surface area contributed by atoms with E-state index < -0.39 is 0 Å². The summed E-state index contributed by atoms with van der Waals surface area (Å²) in [5.74, 6) is 0.194. The molecule has 0 spiro atoms. The number of hydrogen-bond donors (Lipinski definition) is 2. The Morgan fingerprint density at radius 1 is 1.04 bits per heavy atom. The Bertz CT molecular complexity index is 941. The smallest absolute Gasteiger partial charge is 0.336 e. The summed E-state index contributed by atoms with van der Waals surface area (Å²) in [4.78, 5) is 11.8. The SMILES string of the molecule is Cc1ccc(NCc2cc(=O)oc3cc(C)c(O)cc23)c(C)c1. The summed E-state index contributed by atoms with van der Waals surface area (Å²) >= 11 is 0. The molecule has 0 fully saturated rings. The third-order valence-corrected chi connectivity index (χ3v) is 4.00. The van der Waals surface area contributed by atoms with E-state index >= 15 is 0 Å². The molecule has 0 bridgehead atoms. The molecule has 0 unspecified atom stereocenters. The average Bonchev–Trinajstić information content (AvgIpc) is 2.48. The van der Waals surface area contributed by atoms with E-state index in [0.29, 0.717) is 17.7 Å². The van der Waals surface area contributed by atoms with Crippen LogP contribution in [-0.2, 0) is 6.54 Å². The third-order valence-electron chi connectivity index (χ3n) is 4.00. The van der Waals surface area contributed by atoms with Gasteiger partial charge in [0.25, 0.3) is 0 Å². The van der Waals surface area contributed by atoms with Gasteiger partial charge in [0.15, 0.2) is 0 Å². The molecule has 2 aromatic carbocycles. The second-order valence-corrected chi connectivity index (χ2v) is 5.90. The summed E-state index contributed by atoms with van der Waals surface area (Å²) in [6, 6.07) is 11.0. The lowest BCUT2D eigenvalue weighted by Crippen LogP contribution is -2.06. The molecule has 0 atom stereocenters. The summed E-state index contributed by atoms with van der Waals surface area (Å²) in [5, 5.41) is 14.0. The number of phenols is 1. The van der Waals surface area contributed by atoms with Crippen molar-refractivity contribution in [1.82, 2.24) is 0 Å². The quantitative estimate of drug-likeness (QED) is 0.717. The van der Waals surface area contributed by atoms with Crippen molar-refractivity contribution >= 4 is 16.7 Å². The molecule has 0 aliphatic rings. The molecule has 3 rings (SSSR count). The summed E-state index contributed by atoms with van der Waals surface area (Å²) in [5.41, 5.74) is 4.96. The molecule has 2 N–H and O–H groups in total. The van der Waals surface area contributed by atoms with Crippen LogP contribution in [0.25, 0.3) is 11.0 Å². The molecule has 0 radical (unpaired) electrons. The molecular formula is C19H19NO3. The minimum absolute atomic E-state index is 0.194. The molecule has 4 heteroatoms. The second kappa shape index (κ2) is 5.80. The van der Waals surface area contributed by atoms with Crippen molar-refractivity contribution in [3.8, 4) is 5.75 Å². The topological polar surface area (TPSA) is 62.5 Å². The van der Waals surface area contributed by atoms with Gasteiger partial charge in [-0.15, -0.1) is 0 Å². The normalized spacial score (nSPS) is 10.9. The predicted molar refractivity (Wildman–Crippen MR) is 92.1 cm³/mol. The molecule has 0 aliphatic heterocycles. The van der Waals surface area contributed by atoms with Gasteiger partial charge in [0.1, 0.15) is 11.3 Å². The Balaban J connectivity index is 1.99. The number of hydrogen-bond acceptors (Lipinski definition) is 4. The van der Waals surface area contributed by atoms with E-state index in [4.69, 9.17) is 4.42 Å². The Kier molecular flexibility index (Phi) is 3.82. The zero-order valence-corrected chi connectivity index (χ0v) is 13.4. The maximum atomic E-state index is 11.8. The standard InChI is InChI=1S/C19H19NO3/c1-11-4-5-16(12(2)6-11)20-10-14-8-19(22)23-18-7-13(3)17(21)9-15(14)18/h4-9,20-21H,10H2,1-3H3. The molecule has 23 heavy (non-hydrogen) atoms. The van der Waals surface area contributed by atoms with Gasteiger partial charge in [0.2, 0.25) is 0 Å². The van der Waals surface area contributed by atoms with E-state index in [-0.39, 0.29) is 11.4 Å². The van der Waals surface area contributed by atoms with E-state index in [1.54, 1.807) is 19.1 Å². The van der Waals surface area contributed by atoms with Crippen molar-refractivity contribution in [2.75, 3.05) is 5.32 Å². The first-order valence-electron chi connectivity index (χ1n) is 7.51. The molecule has 0 saturated carbocycles. The van der Waals surface area contributed by atoms with E-state index in [0.717, 1.165) is 22.2 Å². The summed E-state index contributed by atoms with van der Waals surface area (Å²) in [7, 11) is 0. The number of phenolic OH excluding ortho intramolecular Hbond substituents is 1. The largest absolute Gasteiger partial charge is 0.508 e. The van der Waals surface area contributed by atoms with Crippen LogP contribution in [0.5, 0.6) is 5.75 Å². The van der Waals surface area contributed by atoms with Crippen molar-refractivity contribution in [1.29, 1.82) is 0 Å². The van der Waals surface area contributed by atoms with Gasteiger partial charge in [0, 0.05) is 23.7 Å². The Morgan fingerprint density at radius 3 is 2.57 bits per heavy atom. The van der Waals surface area contributed by atoms with Crippen LogP contribution < -0.4 is 10.9 Å². The lowest BCUT2D eigenvalue weighted by molar-refractivity contribution is 0.471. The van der Waals surface area contributed by atoms with Crippen molar-refractivity contribution in [2.24, 2.45) is 0 Å². The summed E-state index contributed by atoms with van der Waals surface area (Å²) in [6.07, 6.45) is 0. The highest BCUT2D eigenvalue weighted by Gasteiger charge is 2.09. The average molecular weight is 309 g/mol. The minimum Gasteiger partial charge on any atom is -0.508 e. The van der Waals surface area contributed by atoms with Crippen LogP contribution in [0, 0.1) is 20.8 Å². The van der Waals surface area contributed by atoms with Crippen molar-refractivity contribution < 1.29 is 9.52 Å². The van der Waals surface area contributed by atoms with Gasteiger partial charge < -0.3 is 14.8 Å². The molecule has 3 aromatic rings. The molecule has 4 nitrogen and oxygen atoms in total. The Hall–Kier alpha value is -2.75. The van der Waals surface area contributed by atoms with E-state index in [1.165, 1.54) is 11.6 Å². The van der Waals surface area contributed by atoms with Crippen LogP contribution in [-0.4, -0.2) is 5.11 Å². The van der Waals surface area contributed by atoms with Gasteiger partial charge in [-0.3, -0.25) is 0 Å². The van der Waals surface area contributed by atoms with Gasteiger partial charge in [-0.2, -0.15) is 0 Å². The highest BCUT2D eigenvalue weighted by atomic mass is 16.4. The molecule has 0 amide bonds. The Labute approximate surface area is 134 Å². The monoisotopic (exact) mass is 309 g/mol. The Morgan fingerprint density at radius 2 is 1.83 bits per heavy atom. The van der Waals surface area contributed by atoms with Gasteiger partial charge in [-0.25, -0.2) is 4.79 Å². The van der Waals surface area contributed by atoms with Crippen molar-refractivity contribution in [3.05, 3.63) is 69.1 Å². The number of benzene rings is 2.